The van der Waals surface area contributed by atoms with Crippen LogP contribution in [-0.4, -0.2) is 20.2 Å². The van der Waals surface area contributed by atoms with Gasteiger partial charge < -0.3 is 10.1 Å². The Balaban J connectivity index is 2.12. The fourth-order valence-electron chi connectivity index (χ4n) is 1.71. The molecule has 0 heterocycles. The van der Waals surface area contributed by atoms with Gasteiger partial charge in [-0.25, -0.2) is 8.78 Å². The van der Waals surface area contributed by atoms with Crippen molar-refractivity contribution < 1.29 is 13.5 Å². The number of likely N-dealkylation sites (N-methyl/N-ethyl adjacent to an activating group) is 1. The van der Waals surface area contributed by atoms with E-state index < -0.39 is 11.6 Å². The largest absolute Gasteiger partial charge is 0.490 e. The predicted octanol–water partition coefficient (Wildman–Crippen LogP) is 2.52. The highest BCUT2D eigenvalue weighted by Gasteiger charge is 2.23. The maximum atomic E-state index is 13.6. The van der Waals surface area contributed by atoms with Gasteiger partial charge in [-0.15, -0.1) is 0 Å². The molecule has 1 saturated carbocycles. The van der Waals surface area contributed by atoms with Crippen molar-refractivity contribution in [3.05, 3.63) is 29.3 Å². The molecule has 4 heteroatoms. The van der Waals surface area contributed by atoms with E-state index in [0.29, 0.717) is 31.1 Å². The summed E-state index contributed by atoms with van der Waals surface area (Å²) in [5.41, 5.74) is 0.595. The zero-order valence-corrected chi connectivity index (χ0v) is 9.93. The second kappa shape index (κ2) is 5.45. The molecule has 1 N–H and O–H groups in total. The Labute approximate surface area is 100.0 Å². The maximum Gasteiger partial charge on any atom is 0.168 e. The maximum absolute atomic E-state index is 13.6. The Bertz CT molecular complexity index is 391. The van der Waals surface area contributed by atoms with Crippen molar-refractivity contribution in [3.63, 3.8) is 0 Å². The van der Waals surface area contributed by atoms with Gasteiger partial charge in [0.15, 0.2) is 11.6 Å². The summed E-state index contributed by atoms with van der Waals surface area (Å²) in [7, 11) is 1.81. The third-order valence-corrected chi connectivity index (χ3v) is 2.89. The van der Waals surface area contributed by atoms with E-state index in [0.717, 1.165) is 18.9 Å². The first-order valence-corrected chi connectivity index (χ1v) is 5.96. The van der Waals surface area contributed by atoms with Gasteiger partial charge in [0.1, 0.15) is 5.82 Å². The van der Waals surface area contributed by atoms with Crippen LogP contribution >= 0.6 is 0 Å². The molecule has 0 radical (unpaired) electrons. The molecule has 0 atom stereocenters. The summed E-state index contributed by atoms with van der Waals surface area (Å²) in [5.74, 6) is -0.380. The number of benzene rings is 1. The second-order valence-corrected chi connectivity index (χ2v) is 4.48. The van der Waals surface area contributed by atoms with Gasteiger partial charge in [-0.05, 0) is 44.8 Å². The van der Waals surface area contributed by atoms with Crippen molar-refractivity contribution in [2.75, 3.05) is 20.2 Å². The molecular formula is C13H17F2NO. The number of ether oxygens (including phenoxy) is 1. The Hall–Kier alpha value is -1.16. The van der Waals surface area contributed by atoms with Gasteiger partial charge in [-0.1, -0.05) is 0 Å². The van der Waals surface area contributed by atoms with Gasteiger partial charge in [0.05, 0.1) is 6.61 Å². The molecule has 2 nitrogen and oxygen atoms in total. The molecule has 0 unspecified atom stereocenters. The van der Waals surface area contributed by atoms with Crippen LogP contribution in [0.5, 0.6) is 5.75 Å². The zero-order chi connectivity index (χ0) is 12.3. The molecule has 17 heavy (non-hydrogen) atoms. The summed E-state index contributed by atoms with van der Waals surface area (Å²) < 4.78 is 32.2. The van der Waals surface area contributed by atoms with Gasteiger partial charge in [0.2, 0.25) is 0 Å². The van der Waals surface area contributed by atoms with E-state index in [2.05, 4.69) is 5.32 Å². The first-order chi connectivity index (χ1) is 8.20. The highest BCUT2D eigenvalue weighted by molar-refractivity contribution is 5.36. The number of rotatable bonds is 6. The highest BCUT2D eigenvalue weighted by Crippen LogP contribution is 2.31. The monoisotopic (exact) mass is 241 g/mol. The van der Waals surface area contributed by atoms with Gasteiger partial charge in [-0.2, -0.15) is 0 Å². The van der Waals surface area contributed by atoms with E-state index in [9.17, 15) is 8.78 Å². The Morgan fingerprint density at radius 3 is 2.76 bits per heavy atom. The fourth-order valence-corrected chi connectivity index (χ4v) is 1.71. The molecule has 1 fully saturated rings. The smallest absolute Gasteiger partial charge is 0.168 e. The highest BCUT2D eigenvalue weighted by atomic mass is 19.1. The number of nitrogens with one attached hydrogen (secondary N) is 1. The topological polar surface area (TPSA) is 21.3 Å². The molecule has 94 valence electrons. The lowest BCUT2D eigenvalue weighted by molar-refractivity contribution is 0.281. The third-order valence-electron chi connectivity index (χ3n) is 2.89. The predicted molar refractivity (Wildman–Crippen MR) is 62.2 cm³/mol. The van der Waals surface area contributed by atoms with Crippen LogP contribution in [0.3, 0.4) is 0 Å². The lowest BCUT2D eigenvalue weighted by atomic mass is 10.1. The van der Waals surface area contributed by atoms with Gasteiger partial charge >= 0.3 is 0 Å². The van der Waals surface area contributed by atoms with Gasteiger partial charge in [-0.3, -0.25) is 0 Å². The van der Waals surface area contributed by atoms with Crippen LogP contribution in [0.25, 0.3) is 0 Å². The minimum Gasteiger partial charge on any atom is -0.490 e. The molecule has 0 amide bonds. The summed E-state index contributed by atoms with van der Waals surface area (Å²) in [6.07, 6.45) is 2.86. The summed E-state index contributed by atoms with van der Waals surface area (Å²) in [6.45, 7) is 1.21. The first-order valence-electron chi connectivity index (χ1n) is 5.96. The Kier molecular flexibility index (Phi) is 3.94. The van der Waals surface area contributed by atoms with E-state index in [1.165, 1.54) is 6.07 Å². The van der Waals surface area contributed by atoms with Gasteiger partial charge in [0, 0.05) is 11.6 Å². The molecule has 1 aromatic carbocycles. The van der Waals surface area contributed by atoms with E-state index in [1.54, 1.807) is 7.05 Å². The van der Waals surface area contributed by atoms with Crippen LogP contribution in [0, 0.1) is 17.6 Å². The van der Waals surface area contributed by atoms with Crippen molar-refractivity contribution in [1.82, 2.24) is 5.32 Å². The van der Waals surface area contributed by atoms with Crippen LogP contribution in [-0.2, 0) is 6.42 Å². The fraction of sp³-hybridized carbons (Fsp3) is 0.538. The van der Waals surface area contributed by atoms with E-state index >= 15 is 0 Å². The number of hydrogen-bond acceptors (Lipinski definition) is 2. The molecule has 0 aliphatic heterocycles. The van der Waals surface area contributed by atoms with Crippen LogP contribution in [0.4, 0.5) is 8.78 Å². The number of halogens is 2. The lowest BCUT2D eigenvalue weighted by Crippen LogP contribution is -2.12. The quantitative estimate of drug-likeness (QED) is 0.826. The Morgan fingerprint density at radius 1 is 1.35 bits per heavy atom. The average molecular weight is 241 g/mol. The normalized spacial score (nSPS) is 15.0. The summed E-state index contributed by atoms with van der Waals surface area (Å²) in [4.78, 5) is 0. The summed E-state index contributed by atoms with van der Waals surface area (Å²) in [6, 6.07) is 2.23. The van der Waals surface area contributed by atoms with Crippen molar-refractivity contribution >= 4 is 0 Å². The average Bonchev–Trinajstić information content (AvgIpc) is 3.08. The van der Waals surface area contributed by atoms with E-state index in [4.69, 9.17) is 4.74 Å². The zero-order valence-electron chi connectivity index (χ0n) is 9.93. The summed E-state index contributed by atoms with van der Waals surface area (Å²) in [5, 5.41) is 2.96. The first kappa shape index (κ1) is 12.3. The van der Waals surface area contributed by atoms with E-state index in [-0.39, 0.29) is 5.75 Å². The molecule has 0 bridgehead atoms. The molecule has 2 rings (SSSR count). The molecule has 0 aromatic heterocycles. The van der Waals surface area contributed by atoms with E-state index in [1.807, 2.05) is 0 Å². The van der Waals surface area contributed by atoms with Crippen molar-refractivity contribution in [2.24, 2.45) is 5.92 Å². The SMILES string of the molecule is CNCCc1cc(F)cc(F)c1OCC1CC1. The molecule has 1 aromatic rings. The second-order valence-electron chi connectivity index (χ2n) is 4.48. The minimum atomic E-state index is -0.600. The number of hydrogen-bond donors (Lipinski definition) is 1. The lowest BCUT2D eigenvalue weighted by Gasteiger charge is -2.12. The van der Waals surface area contributed by atoms with Crippen molar-refractivity contribution in [3.8, 4) is 5.75 Å². The van der Waals surface area contributed by atoms with Gasteiger partial charge in [0.25, 0.3) is 0 Å². The molecule has 1 aliphatic rings. The van der Waals surface area contributed by atoms with Crippen LogP contribution in [0.15, 0.2) is 12.1 Å². The van der Waals surface area contributed by atoms with Crippen LogP contribution in [0.2, 0.25) is 0 Å². The molecule has 1 aliphatic carbocycles. The molecular weight excluding hydrogens is 224 g/mol. The standard InChI is InChI=1S/C13H17F2NO/c1-16-5-4-10-6-11(14)7-12(15)13(10)17-8-9-2-3-9/h6-7,9,16H,2-5,8H2,1H3. The van der Waals surface area contributed by atoms with Crippen LogP contribution in [0.1, 0.15) is 18.4 Å². The van der Waals surface area contributed by atoms with Crippen molar-refractivity contribution in [1.29, 1.82) is 0 Å². The Morgan fingerprint density at radius 2 is 2.12 bits per heavy atom. The summed E-state index contributed by atoms with van der Waals surface area (Å²) >= 11 is 0. The third kappa shape index (κ3) is 3.40. The van der Waals surface area contributed by atoms with Crippen LogP contribution < -0.4 is 10.1 Å². The molecule has 0 saturated heterocycles. The van der Waals surface area contributed by atoms with Crippen molar-refractivity contribution in [2.45, 2.75) is 19.3 Å². The minimum absolute atomic E-state index is 0.216. The molecule has 0 spiro atoms.